The first-order chi connectivity index (χ1) is 13.2. The molecule has 0 unspecified atom stereocenters. The van der Waals surface area contributed by atoms with Gasteiger partial charge in [0.25, 0.3) is 0 Å². The average molecular weight is 314 g/mol. The maximum absolute atomic E-state index is 8.08. The Kier molecular flexibility index (Phi) is 2.09. The molecular weight excluding hydrogens is 286 g/mol. The fourth-order valence-corrected chi connectivity index (χ4v) is 5.33. The Morgan fingerprint density at radius 2 is 1.96 bits per heavy atom. The van der Waals surface area contributed by atoms with Crippen molar-refractivity contribution in [2.75, 3.05) is 6.56 Å². The van der Waals surface area contributed by atoms with Gasteiger partial charge in [-0.2, -0.15) is 4.68 Å². The van der Waals surface area contributed by atoms with Crippen LogP contribution in [0.15, 0.2) is 29.8 Å². The summed E-state index contributed by atoms with van der Waals surface area (Å²) in [7, 11) is 0. The second-order valence-corrected chi connectivity index (χ2v) is 7.26. The van der Waals surface area contributed by atoms with Crippen molar-refractivity contribution >= 4 is 16.9 Å². The predicted octanol–water partition coefficient (Wildman–Crippen LogP) is 4.09. The van der Waals surface area contributed by atoms with Crippen LogP contribution in [0, 0.1) is 23.7 Å². The minimum atomic E-state index is -2.90. The van der Waals surface area contributed by atoms with Gasteiger partial charge in [0, 0.05) is 4.11 Å². The lowest BCUT2D eigenvalue weighted by Gasteiger charge is -2.51. The summed E-state index contributed by atoms with van der Waals surface area (Å²) in [5, 5.41) is 8.41. The molecule has 6 rings (SSSR count). The zero-order valence-corrected chi connectivity index (χ0v) is 12.9. The number of para-hydroxylation sites is 1. The van der Waals surface area contributed by atoms with Gasteiger partial charge in [-0.1, -0.05) is 17.3 Å². The number of ether oxygens (including phenoxy) is 1. The number of allylic oxidation sites excluding steroid dienone is 1. The first kappa shape index (κ1) is 9.45. The molecule has 0 amide bonds. The molecule has 120 valence electrons. The summed E-state index contributed by atoms with van der Waals surface area (Å²) in [6.45, 7) is -5.71. The van der Waals surface area contributed by atoms with Crippen molar-refractivity contribution in [3.8, 4) is 0 Å². The average Bonchev–Trinajstić information content (AvgIpc) is 3.02. The van der Waals surface area contributed by atoms with Crippen molar-refractivity contribution in [1.29, 1.82) is 0 Å². The predicted molar refractivity (Wildman–Crippen MR) is 89.4 cm³/mol. The topological polar surface area (TPSA) is 39.9 Å². The van der Waals surface area contributed by atoms with Gasteiger partial charge in [0.15, 0.2) is 0 Å². The minimum Gasteiger partial charge on any atom is -0.478 e. The molecular formula is C19H23N3O. The lowest BCUT2D eigenvalue weighted by Crippen LogP contribution is -2.41. The fourth-order valence-electron chi connectivity index (χ4n) is 5.33. The van der Waals surface area contributed by atoms with Crippen LogP contribution in [0.2, 0.25) is 0 Å². The highest BCUT2D eigenvalue weighted by molar-refractivity contribution is 5.77. The number of hydrogen-bond donors (Lipinski definition) is 0. The van der Waals surface area contributed by atoms with Crippen molar-refractivity contribution in [3.63, 3.8) is 0 Å². The minimum absolute atomic E-state index is 0.239. The summed E-state index contributed by atoms with van der Waals surface area (Å²) in [5.74, 6) is 2.30. The first-order valence-corrected chi connectivity index (χ1v) is 8.47. The van der Waals surface area contributed by atoms with Crippen LogP contribution in [0.4, 0.5) is 0 Å². The molecule has 0 N–H and O–H groups in total. The summed E-state index contributed by atoms with van der Waals surface area (Å²) in [6, 6.07) is 7.40. The molecule has 0 radical (unpaired) electrons. The number of benzene rings is 1. The number of aromatic nitrogens is 3. The summed E-state index contributed by atoms with van der Waals surface area (Å²) < 4.78 is 46.1. The van der Waals surface area contributed by atoms with Gasteiger partial charge >= 0.3 is 0 Å². The quantitative estimate of drug-likeness (QED) is 0.801. The molecule has 0 spiro atoms. The third-order valence-electron chi connectivity index (χ3n) is 5.96. The van der Waals surface area contributed by atoms with Gasteiger partial charge in [-0.3, -0.25) is 0 Å². The molecule has 0 atom stereocenters. The van der Waals surface area contributed by atoms with Gasteiger partial charge < -0.3 is 4.74 Å². The Balaban J connectivity index is 1.68. The zero-order chi connectivity index (χ0) is 19.7. The van der Waals surface area contributed by atoms with Crippen LogP contribution in [0.5, 0.6) is 0 Å². The SMILES string of the molecule is [2H]C([2H])([2H])C([2H])([2H])OC(=C1C2CC3CC(C2)CC1C3)n1nnc2ccccc21. The molecule has 4 bridgehead atoms. The van der Waals surface area contributed by atoms with Crippen molar-refractivity contribution < 1.29 is 11.6 Å². The van der Waals surface area contributed by atoms with Crippen LogP contribution in [0.1, 0.15) is 45.8 Å². The highest BCUT2D eigenvalue weighted by Crippen LogP contribution is 2.57. The molecule has 4 aliphatic carbocycles. The molecule has 0 saturated heterocycles. The van der Waals surface area contributed by atoms with E-state index in [0.717, 1.165) is 43.1 Å². The van der Waals surface area contributed by atoms with E-state index < -0.39 is 13.4 Å². The number of rotatable bonds is 3. The van der Waals surface area contributed by atoms with Crippen molar-refractivity contribution in [2.45, 2.75) is 39.0 Å². The molecule has 4 nitrogen and oxygen atoms in total. The van der Waals surface area contributed by atoms with E-state index in [0.29, 0.717) is 22.9 Å². The van der Waals surface area contributed by atoms with Gasteiger partial charge in [0.2, 0.25) is 5.88 Å². The standard InChI is InChI=1S/C19H23N3O/c1-2-23-19(22-17-6-4-3-5-16(17)20-21-22)18-14-8-12-7-13(10-14)11-15(18)9-12/h3-6,12-15H,2,7-11H2,1H3/i1D3,2D2. The van der Waals surface area contributed by atoms with Crippen LogP contribution in [0.3, 0.4) is 0 Å². The maximum atomic E-state index is 8.08. The smallest absolute Gasteiger partial charge is 0.216 e. The van der Waals surface area contributed by atoms with Crippen molar-refractivity contribution in [3.05, 3.63) is 29.8 Å². The van der Waals surface area contributed by atoms with E-state index in [-0.39, 0.29) is 5.88 Å². The lowest BCUT2D eigenvalue weighted by atomic mass is 9.54. The molecule has 0 aliphatic heterocycles. The Morgan fingerprint density at radius 1 is 1.22 bits per heavy atom. The molecule has 4 fully saturated rings. The van der Waals surface area contributed by atoms with Crippen molar-refractivity contribution in [1.82, 2.24) is 15.0 Å². The third kappa shape index (κ3) is 2.03. The van der Waals surface area contributed by atoms with E-state index in [2.05, 4.69) is 10.3 Å². The Morgan fingerprint density at radius 3 is 2.70 bits per heavy atom. The van der Waals surface area contributed by atoms with E-state index in [1.165, 1.54) is 11.1 Å². The van der Waals surface area contributed by atoms with Gasteiger partial charge in [-0.15, -0.1) is 5.10 Å². The monoisotopic (exact) mass is 314 g/mol. The Bertz CT molecular complexity index is 918. The molecule has 1 aromatic carbocycles. The number of nitrogens with zero attached hydrogens (tertiary/aromatic N) is 3. The second kappa shape index (κ2) is 5.08. The molecule has 4 aliphatic rings. The molecule has 4 heteroatoms. The first-order valence-electron chi connectivity index (χ1n) is 11.0. The van der Waals surface area contributed by atoms with E-state index in [9.17, 15) is 0 Å². The Labute approximate surface area is 143 Å². The highest BCUT2D eigenvalue weighted by Gasteiger charge is 2.47. The molecule has 1 heterocycles. The van der Waals surface area contributed by atoms with Crippen LogP contribution < -0.4 is 0 Å². The van der Waals surface area contributed by atoms with Crippen LogP contribution >= 0.6 is 0 Å². The summed E-state index contributed by atoms with van der Waals surface area (Å²) in [6.07, 6.45) is 5.56. The van der Waals surface area contributed by atoms with Crippen molar-refractivity contribution in [2.24, 2.45) is 23.7 Å². The molecule has 2 aromatic rings. The summed E-state index contributed by atoms with van der Waals surface area (Å²) in [4.78, 5) is 0. The van der Waals surface area contributed by atoms with Crippen LogP contribution in [0.25, 0.3) is 16.9 Å². The van der Waals surface area contributed by atoms with Gasteiger partial charge in [0.05, 0.1) is 14.8 Å². The van der Waals surface area contributed by atoms with Gasteiger partial charge in [-0.25, -0.2) is 0 Å². The third-order valence-corrected chi connectivity index (χ3v) is 5.96. The second-order valence-electron chi connectivity index (χ2n) is 7.26. The fraction of sp³-hybridized carbons (Fsp3) is 0.579. The van der Waals surface area contributed by atoms with E-state index in [1.807, 2.05) is 24.3 Å². The number of hydrogen-bond acceptors (Lipinski definition) is 3. The summed E-state index contributed by atoms with van der Waals surface area (Å²) >= 11 is 0. The lowest BCUT2D eigenvalue weighted by molar-refractivity contribution is 0.0653. The van der Waals surface area contributed by atoms with Gasteiger partial charge in [0.1, 0.15) is 5.52 Å². The normalized spacial score (nSPS) is 36.2. The largest absolute Gasteiger partial charge is 0.478 e. The number of fused-ring (bicyclic) bond motifs is 1. The van der Waals surface area contributed by atoms with Gasteiger partial charge in [-0.05, 0) is 80.3 Å². The van der Waals surface area contributed by atoms with E-state index in [4.69, 9.17) is 11.6 Å². The van der Waals surface area contributed by atoms with Crippen LogP contribution in [-0.2, 0) is 4.74 Å². The maximum Gasteiger partial charge on any atom is 0.216 e. The van der Waals surface area contributed by atoms with Crippen LogP contribution in [-0.4, -0.2) is 21.6 Å². The molecule has 23 heavy (non-hydrogen) atoms. The molecule has 1 aromatic heterocycles. The zero-order valence-electron chi connectivity index (χ0n) is 17.9. The van der Waals surface area contributed by atoms with E-state index >= 15 is 0 Å². The highest BCUT2D eigenvalue weighted by atomic mass is 16.5. The van der Waals surface area contributed by atoms with E-state index in [1.54, 1.807) is 0 Å². The Hall–Kier alpha value is -1.84. The summed E-state index contributed by atoms with van der Waals surface area (Å²) in [5.41, 5.74) is 2.40. The molecule has 4 saturated carbocycles.